The Balaban J connectivity index is 1.93. The van der Waals surface area contributed by atoms with Crippen LogP contribution in [0.25, 0.3) is 0 Å². The number of ether oxygens (including phenoxy) is 1. The number of benzene rings is 2. The Morgan fingerprint density at radius 1 is 0.824 bits per heavy atom. The highest BCUT2D eigenvalue weighted by Gasteiger charge is 2.00. The van der Waals surface area contributed by atoms with Crippen LogP contribution in [-0.4, -0.2) is 6.61 Å². The third-order valence-electron chi connectivity index (χ3n) is 2.98. The monoisotopic (exact) mass is 226 g/mol. The second kappa shape index (κ2) is 5.53. The molecule has 0 bridgehead atoms. The van der Waals surface area contributed by atoms with E-state index < -0.39 is 0 Å². The Bertz CT molecular complexity index is 443. The van der Waals surface area contributed by atoms with Crippen LogP contribution in [0.5, 0.6) is 5.75 Å². The lowest BCUT2D eigenvalue weighted by atomic mass is 10.1. The highest BCUT2D eigenvalue weighted by Crippen LogP contribution is 2.16. The molecule has 0 radical (unpaired) electrons. The van der Waals surface area contributed by atoms with Crippen molar-refractivity contribution in [1.29, 1.82) is 0 Å². The van der Waals surface area contributed by atoms with E-state index in [0.29, 0.717) is 0 Å². The van der Waals surface area contributed by atoms with Crippen LogP contribution >= 0.6 is 0 Å². The summed E-state index contributed by atoms with van der Waals surface area (Å²) in [6.07, 6.45) is 0.959. The van der Waals surface area contributed by atoms with Gasteiger partial charge in [-0.25, -0.2) is 0 Å². The fourth-order valence-corrected chi connectivity index (χ4v) is 1.88. The lowest BCUT2D eigenvalue weighted by Gasteiger charge is -2.09. The predicted octanol–water partition coefficient (Wildman–Crippen LogP) is 3.92. The van der Waals surface area contributed by atoms with Gasteiger partial charge in [0.15, 0.2) is 0 Å². The van der Waals surface area contributed by atoms with Gasteiger partial charge in [0, 0.05) is 6.42 Å². The summed E-state index contributed by atoms with van der Waals surface area (Å²) in [6, 6.07) is 16.6. The molecule has 0 fully saturated rings. The third-order valence-corrected chi connectivity index (χ3v) is 2.98. The first-order chi connectivity index (χ1) is 8.27. The Hall–Kier alpha value is -1.76. The molecule has 0 saturated carbocycles. The first-order valence-electron chi connectivity index (χ1n) is 6.00. The lowest BCUT2D eigenvalue weighted by molar-refractivity contribution is 0.319. The van der Waals surface area contributed by atoms with Gasteiger partial charge in [0.2, 0.25) is 0 Å². The van der Waals surface area contributed by atoms with E-state index in [9.17, 15) is 0 Å². The summed E-state index contributed by atoms with van der Waals surface area (Å²) in [5.74, 6) is 0.987. The Kier molecular flexibility index (Phi) is 3.81. The maximum absolute atomic E-state index is 5.80. The summed E-state index contributed by atoms with van der Waals surface area (Å²) in [6.45, 7) is 4.95. The minimum absolute atomic E-state index is 0.732. The van der Waals surface area contributed by atoms with Crippen LogP contribution in [-0.2, 0) is 6.42 Å². The molecule has 2 aromatic rings. The van der Waals surface area contributed by atoms with Gasteiger partial charge in [0.1, 0.15) is 5.75 Å². The van der Waals surface area contributed by atoms with E-state index in [2.05, 4.69) is 44.2 Å². The first kappa shape index (κ1) is 11.7. The molecule has 0 heterocycles. The maximum Gasteiger partial charge on any atom is 0.122 e. The average molecular weight is 226 g/mol. The zero-order valence-electron chi connectivity index (χ0n) is 10.4. The van der Waals surface area contributed by atoms with Gasteiger partial charge >= 0.3 is 0 Å². The molecular weight excluding hydrogens is 208 g/mol. The van der Waals surface area contributed by atoms with Crippen molar-refractivity contribution in [2.45, 2.75) is 20.3 Å². The minimum atomic E-state index is 0.732. The molecule has 2 aromatic carbocycles. The normalized spacial score (nSPS) is 10.2. The molecule has 1 nitrogen and oxygen atoms in total. The second-order valence-electron chi connectivity index (χ2n) is 4.29. The largest absolute Gasteiger partial charge is 0.493 e. The molecular formula is C16H18O. The molecule has 0 amide bonds. The molecule has 17 heavy (non-hydrogen) atoms. The summed E-state index contributed by atoms with van der Waals surface area (Å²) in [5.41, 5.74) is 3.89. The number of rotatable bonds is 4. The first-order valence-corrected chi connectivity index (χ1v) is 6.00. The van der Waals surface area contributed by atoms with E-state index in [0.717, 1.165) is 18.8 Å². The third kappa shape index (κ3) is 3.10. The highest BCUT2D eigenvalue weighted by atomic mass is 16.5. The average Bonchev–Trinajstić information content (AvgIpc) is 2.34. The molecule has 0 aromatic heterocycles. The Morgan fingerprint density at radius 2 is 1.47 bits per heavy atom. The van der Waals surface area contributed by atoms with Crippen molar-refractivity contribution in [3.63, 3.8) is 0 Å². The number of aryl methyl sites for hydroxylation is 2. The molecule has 0 N–H and O–H groups in total. The van der Waals surface area contributed by atoms with E-state index in [1.165, 1.54) is 16.7 Å². The minimum Gasteiger partial charge on any atom is -0.493 e. The van der Waals surface area contributed by atoms with Crippen LogP contribution in [0, 0.1) is 13.8 Å². The van der Waals surface area contributed by atoms with Crippen LogP contribution in [0.1, 0.15) is 16.7 Å². The molecule has 88 valence electrons. The quantitative estimate of drug-likeness (QED) is 0.767. The van der Waals surface area contributed by atoms with Crippen LogP contribution < -0.4 is 4.74 Å². The van der Waals surface area contributed by atoms with E-state index >= 15 is 0 Å². The summed E-state index contributed by atoms with van der Waals surface area (Å²) in [7, 11) is 0. The molecule has 0 aliphatic rings. The maximum atomic E-state index is 5.80. The van der Waals surface area contributed by atoms with Crippen molar-refractivity contribution < 1.29 is 4.74 Å². The van der Waals surface area contributed by atoms with Gasteiger partial charge in [-0.3, -0.25) is 0 Å². The molecule has 0 aliphatic heterocycles. The summed E-state index contributed by atoms with van der Waals surface area (Å²) in [5, 5.41) is 0. The zero-order chi connectivity index (χ0) is 12.1. The molecule has 0 aliphatic carbocycles. The van der Waals surface area contributed by atoms with Gasteiger partial charge in [-0.1, -0.05) is 42.5 Å². The smallest absolute Gasteiger partial charge is 0.122 e. The zero-order valence-corrected chi connectivity index (χ0v) is 10.4. The SMILES string of the molecule is Cc1ccccc1CCOc1ccccc1C. The van der Waals surface area contributed by atoms with Gasteiger partial charge in [0.05, 0.1) is 6.61 Å². The van der Waals surface area contributed by atoms with Crippen molar-refractivity contribution >= 4 is 0 Å². The van der Waals surface area contributed by atoms with Crippen LogP contribution in [0.3, 0.4) is 0 Å². The fraction of sp³-hybridized carbons (Fsp3) is 0.250. The summed E-state index contributed by atoms with van der Waals surface area (Å²) >= 11 is 0. The van der Waals surface area contributed by atoms with Gasteiger partial charge in [-0.15, -0.1) is 0 Å². The van der Waals surface area contributed by atoms with E-state index in [1.807, 2.05) is 18.2 Å². The number of para-hydroxylation sites is 1. The summed E-state index contributed by atoms with van der Waals surface area (Å²) < 4.78 is 5.80. The molecule has 2 rings (SSSR count). The van der Waals surface area contributed by atoms with E-state index in [-0.39, 0.29) is 0 Å². The summed E-state index contributed by atoms with van der Waals surface area (Å²) in [4.78, 5) is 0. The van der Waals surface area contributed by atoms with Crippen molar-refractivity contribution in [3.8, 4) is 5.75 Å². The molecule has 0 atom stereocenters. The highest BCUT2D eigenvalue weighted by molar-refractivity contribution is 5.32. The van der Waals surface area contributed by atoms with Crippen molar-refractivity contribution in [3.05, 3.63) is 65.2 Å². The molecule has 0 saturated heterocycles. The van der Waals surface area contributed by atoms with E-state index in [1.54, 1.807) is 0 Å². The molecule has 0 unspecified atom stereocenters. The van der Waals surface area contributed by atoms with Crippen molar-refractivity contribution in [1.82, 2.24) is 0 Å². The number of hydrogen-bond acceptors (Lipinski definition) is 1. The van der Waals surface area contributed by atoms with E-state index in [4.69, 9.17) is 4.74 Å². The molecule has 1 heteroatoms. The predicted molar refractivity (Wildman–Crippen MR) is 71.6 cm³/mol. The van der Waals surface area contributed by atoms with Crippen LogP contribution in [0.4, 0.5) is 0 Å². The Labute approximate surface area is 103 Å². The van der Waals surface area contributed by atoms with Crippen molar-refractivity contribution in [2.24, 2.45) is 0 Å². The lowest BCUT2D eigenvalue weighted by Crippen LogP contribution is -2.03. The van der Waals surface area contributed by atoms with Gasteiger partial charge in [0.25, 0.3) is 0 Å². The molecule has 0 spiro atoms. The number of hydrogen-bond donors (Lipinski definition) is 0. The topological polar surface area (TPSA) is 9.23 Å². The van der Waals surface area contributed by atoms with Crippen LogP contribution in [0.15, 0.2) is 48.5 Å². The van der Waals surface area contributed by atoms with Crippen LogP contribution in [0.2, 0.25) is 0 Å². The van der Waals surface area contributed by atoms with Gasteiger partial charge in [-0.2, -0.15) is 0 Å². The fourth-order valence-electron chi connectivity index (χ4n) is 1.88. The van der Waals surface area contributed by atoms with Gasteiger partial charge < -0.3 is 4.74 Å². The van der Waals surface area contributed by atoms with Crippen molar-refractivity contribution in [2.75, 3.05) is 6.61 Å². The Morgan fingerprint density at radius 3 is 2.18 bits per heavy atom. The second-order valence-corrected chi connectivity index (χ2v) is 4.29. The standard InChI is InChI=1S/C16H18O/c1-13-7-3-5-9-15(13)11-12-17-16-10-6-4-8-14(16)2/h3-10H,11-12H2,1-2H3. The van der Waals surface area contributed by atoms with Gasteiger partial charge in [-0.05, 0) is 36.6 Å².